The molecular formula is C14H26N2. The normalized spacial score (nSPS) is 25.2. The average molecular weight is 222 g/mol. The second-order valence-corrected chi connectivity index (χ2v) is 5.48. The number of hydrogen-bond acceptors (Lipinski definition) is 2. The van der Waals surface area contributed by atoms with Gasteiger partial charge in [0.1, 0.15) is 0 Å². The second-order valence-electron chi connectivity index (χ2n) is 5.48. The molecule has 1 saturated carbocycles. The van der Waals surface area contributed by atoms with Crippen molar-refractivity contribution in [3.8, 4) is 0 Å². The summed E-state index contributed by atoms with van der Waals surface area (Å²) in [5.41, 5.74) is 4.64. The Morgan fingerprint density at radius 3 is 2.69 bits per heavy atom. The lowest BCUT2D eigenvalue weighted by molar-refractivity contribution is 0.269. The molecule has 0 aliphatic heterocycles. The van der Waals surface area contributed by atoms with Gasteiger partial charge < -0.3 is 0 Å². The van der Waals surface area contributed by atoms with Crippen molar-refractivity contribution in [1.82, 2.24) is 5.43 Å². The van der Waals surface area contributed by atoms with Crippen LogP contribution in [0.2, 0.25) is 0 Å². The number of rotatable bonds is 4. The number of nitrogens with two attached hydrogens (primary N) is 1. The molecule has 16 heavy (non-hydrogen) atoms. The molecule has 0 heterocycles. The van der Waals surface area contributed by atoms with Crippen LogP contribution in [0.5, 0.6) is 0 Å². The van der Waals surface area contributed by atoms with Gasteiger partial charge >= 0.3 is 0 Å². The summed E-state index contributed by atoms with van der Waals surface area (Å²) in [6, 6.07) is 0.461. The molecule has 0 bridgehead atoms. The minimum atomic E-state index is 0.461. The van der Waals surface area contributed by atoms with Crippen molar-refractivity contribution < 1.29 is 0 Å². The van der Waals surface area contributed by atoms with Crippen LogP contribution in [0.15, 0.2) is 11.6 Å². The predicted octanol–water partition coefficient (Wildman–Crippen LogP) is 3.29. The molecule has 0 aromatic heterocycles. The first-order valence-corrected chi connectivity index (χ1v) is 7.05. The topological polar surface area (TPSA) is 38.0 Å². The van der Waals surface area contributed by atoms with Crippen LogP contribution < -0.4 is 11.3 Å². The molecule has 3 N–H and O–H groups in total. The van der Waals surface area contributed by atoms with E-state index < -0.39 is 0 Å². The molecule has 0 amide bonds. The maximum Gasteiger partial charge on any atom is 0.0422 e. The minimum Gasteiger partial charge on any atom is -0.271 e. The van der Waals surface area contributed by atoms with Gasteiger partial charge in [-0.25, -0.2) is 0 Å². The highest BCUT2D eigenvalue weighted by Gasteiger charge is 2.23. The van der Waals surface area contributed by atoms with Gasteiger partial charge in [-0.05, 0) is 38.0 Å². The highest BCUT2D eigenvalue weighted by atomic mass is 15.2. The highest BCUT2D eigenvalue weighted by Crippen LogP contribution is 2.33. The number of nitrogens with one attached hydrogen (secondary N) is 1. The van der Waals surface area contributed by atoms with Gasteiger partial charge in [0, 0.05) is 6.04 Å². The Balaban J connectivity index is 1.88. The third kappa shape index (κ3) is 3.33. The maximum absolute atomic E-state index is 5.73. The summed E-state index contributed by atoms with van der Waals surface area (Å²) in [6.45, 7) is 0. The van der Waals surface area contributed by atoms with Gasteiger partial charge in [-0.2, -0.15) is 0 Å². The van der Waals surface area contributed by atoms with Gasteiger partial charge in [-0.1, -0.05) is 43.8 Å². The SMILES string of the molecule is NNC(CC1CCC1)C1=CCCCCCC1. The van der Waals surface area contributed by atoms with E-state index in [1.165, 1.54) is 64.2 Å². The molecule has 0 saturated heterocycles. The van der Waals surface area contributed by atoms with Crippen LogP contribution >= 0.6 is 0 Å². The Morgan fingerprint density at radius 1 is 1.19 bits per heavy atom. The first-order chi connectivity index (χ1) is 7.90. The van der Waals surface area contributed by atoms with Gasteiger partial charge in [0.2, 0.25) is 0 Å². The monoisotopic (exact) mass is 222 g/mol. The van der Waals surface area contributed by atoms with Crippen LogP contribution in [0.4, 0.5) is 0 Å². The molecule has 2 aliphatic carbocycles. The van der Waals surface area contributed by atoms with E-state index in [0.29, 0.717) is 6.04 Å². The lowest BCUT2D eigenvalue weighted by Crippen LogP contribution is -2.39. The summed E-state index contributed by atoms with van der Waals surface area (Å²) in [5.74, 6) is 6.67. The summed E-state index contributed by atoms with van der Waals surface area (Å²) in [4.78, 5) is 0. The lowest BCUT2D eigenvalue weighted by Gasteiger charge is -2.31. The summed E-state index contributed by atoms with van der Waals surface area (Å²) in [7, 11) is 0. The van der Waals surface area contributed by atoms with Gasteiger partial charge in [0.15, 0.2) is 0 Å². The summed E-state index contributed by atoms with van der Waals surface area (Å²) >= 11 is 0. The molecule has 2 heteroatoms. The van der Waals surface area contributed by atoms with Crippen LogP contribution in [0, 0.1) is 5.92 Å². The summed E-state index contributed by atoms with van der Waals surface area (Å²) < 4.78 is 0. The molecule has 0 radical (unpaired) electrons. The maximum atomic E-state index is 5.73. The van der Waals surface area contributed by atoms with Crippen molar-refractivity contribution in [1.29, 1.82) is 0 Å². The average Bonchev–Trinajstić information content (AvgIpc) is 2.18. The number of allylic oxidation sites excluding steroid dienone is 1. The first kappa shape index (κ1) is 12.1. The van der Waals surface area contributed by atoms with E-state index in [1.54, 1.807) is 5.57 Å². The van der Waals surface area contributed by atoms with Gasteiger partial charge in [-0.15, -0.1) is 0 Å². The molecular weight excluding hydrogens is 196 g/mol. The molecule has 92 valence electrons. The van der Waals surface area contributed by atoms with E-state index in [-0.39, 0.29) is 0 Å². The Morgan fingerprint density at radius 2 is 2.00 bits per heavy atom. The highest BCUT2D eigenvalue weighted by molar-refractivity contribution is 5.11. The van der Waals surface area contributed by atoms with Crippen molar-refractivity contribution in [2.45, 2.75) is 70.3 Å². The van der Waals surface area contributed by atoms with Crippen molar-refractivity contribution >= 4 is 0 Å². The van der Waals surface area contributed by atoms with Crippen molar-refractivity contribution in [3.63, 3.8) is 0 Å². The number of hydrogen-bond donors (Lipinski definition) is 2. The molecule has 2 rings (SSSR count). The Bertz CT molecular complexity index is 231. The van der Waals surface area contributed by atoms with Crippen LogP contribution in [-0.2, 0) is 0 Å². The lowest BCUT2D eigenvalue weighted by atomic mass is 9.78. The fourth-order valence-electron chi connectivity index (χ4n) is 2.92. The molecule has 1 fully saturated rings. The first-order valence-electron chi connectivity index (χ1n) is 7.05. The zero-order chi connectivity index (χ0) is 11.2. The van der Waals surface area contributed by atoms with Crippen molar-refractivity contribution in [2.75, 3.05) is 0 Å². The van der Waals surface area contributed by atoms with Gasteiger partial charge in [0.25, 0.3) is 0 Å². The smallest absolute Gasteiger partial charge is 0.0422 e. The molecule has 1 unspecified atom stereocenters. The molecule has 0 aromatic rings. The van der Waals surface area contributed by atoms with Crippen molar-refractivity contribution in [3.05, 3.63) is 11.6 Å². The molecule has 2 aliphatic rings. The fourth-order valence-corrected chi connectivity index (χ4v) is 2.92. The predicted molar refractivity (Wildman–Crippen MR) is 68.9 cm³/mol. The molecule has 0 aromatic carbocycles. The van der Waals surface area contributed by atoms with Crippen LogP contribution in [0.3, 0.4) is 0 Å². The quantitative estimate of drug-likeness (QED) is 0.435. The van der Waals surface area contributed by atoms with E-state index in [2.05, 4.69) is 11.5 Å². The Labute approximate surface area is 99.6 Å². The zero-order valence-corrected chi connectivity index (χ0v) is 10.4. The van der Waals surface area contributed by atoms with E-state index in [0.717, 1.165) is 5.92 Å². The van der Waals surface area contributed by atoms with Gasteiger partial charge in [0.05, 0.1) is 0 Å². The molecule has 1 atom stereocenters. The van der Waals surface area contributed by atoms with E-state index >= 15 is 0 Å². The minimum absolute atomic E-state index is 0.461. The summed E-state index contributed by atoms with van der Waals surface area (Å²) in [6.07, 6.45) is 16.1. The zero-order valence-electron chi connectivity index (χ0n) is 10.4. The van der Waals surface area contributed by atoms with Crippen LogP contribution in [-0.4, -0.2) is 6.04 Å². The number of hydrazine groups is 1. The standard InChI is InChI=1S/C14H26N2/c15-16-14(11-12-7-6-8-12)13-9-4-2-1-3-5-10-13/h9,12,14,16H,1-8,10-11,15H2. The van der Waals surface area contributed by atoms with E-state index in [9.17, 15) is 0 Å². The third-order valence-electron chi connectivity index (χ3n) is 4.27. The molecule has 2 nitrogen and oxygen atoms in total. The van der Waals surface area contributed by atoms with Crippen LogP contribution in [0.1, 0.15) is 64.2 Å². The van der Waals surface area contributed by atoms with E-state index in [4.69, 9.17) is 5.84 Å². The second kappa shape index (κ2) is 6.41. The van der Waals surface area contributed by atoms with Crippen LogP contribution in [0.25, 0.3) is 0 Å². The Hall–Kier alpha value is -0.340. The fraction of sp³-hybridized carbons (Fsp3) is 0.857. The third-order valence-corrected chi connectivity index (χ3v) is 4.27. The van der Waals surface area contributed by atoms with E-state index in [1.807, 2.05) is 0 Å². The van der Waals surface area contributed by atoms with Gasteiger partial charge in [-0.3, -0.25) is 11.3 Å². The summed E-state index contributed by atoms with van der Waals surface area (Å²) in [5, 5.41) is 0. The largest absolute Gasteiger partial charge is 0.271 e. The Kier molecular flexibility index (Phi) is 4.86. The van der Waals surface area contributed by atoms with Crippen molar-refractivity contribution in [2.24, 2.45) is 11.8 Å². The molecule has 0 spiro atoms.